The molecule has 0 spiro atoms. The third-order valence-corrected chi connectivity index (χ3v) is 3.88. The van der Waals surface area contributed by atoms with Crippen LogP contribution in [0.4, 0.5) is 0 Å². The van der Waals surface area contributed by atoms with Crippen molar-refractivity contribution in [2.24, 2.45) is 0 Å². The molecule has 0 fully saturated rings. The largest absolute Gasteiger partial charge is 0.508 e. The number of Topliss-reactive ketones (excluding diaryl/α,β-unsaturated/α-hetero) is 2. The van der Waals surface area contributed by atoms with Crippen LogP contribution >= 0.6 is 0 Å². The fraction of sp³-hybridized carbons (Fsp3) is 0.300. The van der Waals surface area contributed by atoms with Crippen LogP contribution in [0.3, 0.4) is 0 Å². The lowest BCUT2D eigenvalue weighted by Crippen LogP contribution is -2.09. The highest BCUT2D eigenvalue weighted by Gasteiger charge is 2.10. The molecule has 0 aromatic heterocycles. The van der Waals surface area contributed by atoms with E-state index in [1.807, 2.05) is 12.1 Å². The Hall–Kier alpha value is -2.62. The van der Waals surface area contributed by atoms with Crippen LogP contribution in [-0.2, 0) is 22.4 Å². The Morgan fingerprint density at radius 1 is 0.667 bits per heavy atom. The summed E-state index contributed by atoms with van der Waals surface area (Å²) in [6, 6.07) is 13.7. The van der Waals surface area contributed by atoms with Crippen LogP contribution in [0.5, 0.6) is 11.5 Å². The summed E-state index contributed by atoms with van der Waals surface area (Å²) in [5, 5.41) is 18.4. The molecular weight excluding hydrogens is 304 g/mol. The average Bonchev–Trinajstić information content (AvgIpc) is 2.56. The summed E-state index contributed by atoms with van der Waals surface area (Å²) in [4.78, 5) is 23.7. The minimum atomic E-state index is -0.0438. The zero-order chi connectivity index (χ0) is 17.4. The molecule has 0 saturated heterocycles. The maximum Gasteiger partial charge on any atom is 0.140 e. The van der Waals surface area contributed by atoms with Gasteiger partial charge in [-0.3, -0.25) is 9.59 Å². The average molecular weight is 326 g/mol. The summed E-state index contributed by atoms with van der Waals surface area (Å²) in [5.74, 6) is 0.366. The van der Waals surface area contributed by atoms with Crippen LogP contribution in [0.1, 0.15) is 36.8 Å². The molecule has 0 saturated carbocycles. The Kier molecular flexibility index (Phi) is 6.55. The SMILES string of the molecule is O=C(CCCc1ccc(O)cc1)CC(=O)CCc1ccc(O)cc1. The molecule has 0 bridgehead atoms. The number of carbonyl (C=O) groups excluding carboxylic acids is 2. The summed E-state index contributed by atoms with van der Waals surface area (Å²) in [6.07, 6.45) is 2.77. The van der Waals surface area contributed by atoms with Gasteiger partial charge in [-0.2, -0.15) is 0 Å². The van der Waals surface area contributed by atoms with Gasteiger partial charge in [-0.1, -0.05) is 24.3 Å². The minimum absolute atomic E-state index is 0.00629. The van der Waals surface area contributed by atoms with Crippen molar-refractivity contribution in [3.05, 3.63) is 59.7 Å². The summed E-state index contributed by atoms with van der Waals surface area (Å²) < 4.78 is 0. The fourth-order valence-electron chi connectivity index (χ4n) is 2.50. The molecule has 126 valence electrons. The highest BCUT2D eigenvalue weighted by atomic mass is 16.3. The van der Waals surface area contributed by atoms with Crippen molar-refractivity contribution < 1.29 is 19.8 Å². The first kappa shape index (κ1) is 17.7. The first-order valence-corrected chi connectivity index (χ1v) is 8.12. The van der Waals surface area contributed by atoms with Gasteiger partial charge in [-0.05, 0) is 54.7 Å². The van der Waals surface area contributed by atoms with Crippen molar-refractivity contribution in [1.29, 1.82) is 0 Å². The van der Waals surface area contributed by atoms with E-state index in [-0.39, 0.29) is 29.5 Å². The molecule has 0 atom stereocenters. The molecule has 2 N–H and O–H groups in total. The monoisotopic (exact) mass is 326 g/mol. The van der Waals surface area contributed by atoms with Gasteiger partial charge in [0.2, 0.25) is 0 Å². The van der Waals surface area contributed by atoms with Crippen LogP contribution in [0.15, 0.2) is 48.5 Å². The van der Waals surface area contributed by atoms with Gasteiger partial charge in [0.05, 0.1) is 6.42 Å². The van der Waals surface area contributed by atoms with E-state index in [2.05, 4.69) is 0 Å². The Morgan fingerprint density at radius 2 is 1.12 bits per heavy atom. The lowest BCUT2D eigenvalue weighted by Gasteiger charge is -2.03. The number of hydrogen-bond donors (Lipinski definition) is 2. The number of ketones is 2. The maximum atomic E-state index is 11.9. The van der Waals surface area contributed by atoms with Crippen molar-refractivity contribution in [3.8, 4) is 11.5 Å². The molecule has 0 aliphatic heterocycles. The van der Waals surface area contributed by atoms with Crippen LogP contribution < -0.4 is 0 Å². The van der Waals surface area contributed by atoms with Crippen LogP contribution in [0, 0.1) is 0 Å². The van der Waals surface area contributed by atoms with Crippen LogP contribution in [0.25, 0.3) is 0 Å². The minimum Gasteiger partial charge on any atom is -0.508 e. The summed E-state index contributed by atoms with van der Waals surface area (Å²) in [7, 11) is 0. The molecule has 2 rings (SSSR count). The Balaban J connectivity index is 1.65. The topological polar surface area (TPSA) is 74.6 Å². The van der Waals surface area contributed by atoms with Gasteiger partial charge in [-0.15, -0.1) is 0 Å². The molecule has 0 unspecified atom stereocenters. The number of carbonyl (C=O) groups is 2. The molecule has 0 aliphatic rings. The van der Waals surface area contributed by atoms with Gasteiger partial charge in [0.25, 0.3) is 0 Å². The molecule has 2 aromatic carbocycles. The number of benzene rings is 2. The number of phenolic OH excluding ortho intramolecular Hbond substituents is 2. The summed E-state index contributed by atoms with van der Waals surface area (Å²) in [5.41, 5.74) is 2.04. The third kappa shape index (κ3) is 6.24. The lowest BCUT2D eigenvalue weighted by molar-refractivity contribution is -0.127. The quantitative estimate of drug-likeness (QED) is 0.691. The van der Waals surface area contributed by atoms with E-state index < -0.39 is 0 Å². The number of aryl methyl sites for hydroxylation is 2. The molecular formula is C20H22O4. The van der Waals surface area contributed by atoms with Crippen molar-refractivity contribution in [2.75, 3.05) is 0 Å². The van der Waals surface area contributed by atoms with Crippen molar-refractivity contribution in [2.45, 2.75) is 38.5 Å². The Bertz CT molecular complexity index is 672. The summed E-state index contributed by atoms with van der Waals surface area (Å²) >= 11 is 0. The first-order valence-electron chi connectivity index (χ1n) is 8.12. The van der Waals surface area contributed by atoms with E-state index in [1.165, 1.54) is 0 Å². The molecule has 0 aliphatic carbocycles. The van der Waals surface area contributed by atoms with Crippen molar-refractivity contribution >= 4 is 11.6 Å². The third-order valence-electron chi connectivity index (χ3n) is 3.88. The lowest BCUT2D eigenvalue weighted by atomic mass is 10.0. The van der Waals surface area contributed by atoms with E-state index in [0.717, 1.165) is 17.5 Å². The second kappa shape index (κ2) is 8.87. The molecule has 0 heterocycles. The highest BCUT2D eigenvalue weighted by Crippen LogP contribution is 2.13. The summed E-state index contributed by atoms with van der Waals surface area (Å²) in [6.45, 7) is 0. The van der Waals surface area contributed by atoms with E-state index in [0.29, 0.717) is 25.7 Å². The predicted molar refractivity (Wildman–Crippen MR) is 92.1 cm³/mol. The van der Waals surface area contributed by atoms with Crippen LogP contribution in [0.2, 0.25) is 0 Å². The number of phenols is 2. The predicted octanol–water partition coefficient (Wildman–Crippen LogP) is 3.58. The second-order valence-electron chi connectivity index (χ2n) is 5.94. The standard InChI is InChI=1S/C20H22O4/c21-17-9-4-15(5-10-17)2-1-3-19(23)14-20(24)13-8-16-6-11-18(22)12-7-16/h4-7,9-12,21-22H,1-3,8,13-14H2. The van der Waals surface area contributed by atoms with E-state index >= 15 is 0 Å². The van der Waals surface area contributed by atoms with Gasteiger partial charge >= 0.3 is 0 Å². The number of aromatic hydroxyl groups is 2. The number of hydrogen-bond acceptors (Lipinski definition) is 4. The maximum absolute atomic E-state index is 11.9. The van der Waals surface area contributed by atoms with Crippen LogP contribution in [-0.4, -0.2) is 21.8 Å². The van der Waals surface area contributed by atoms with Gasteiger partial charge in [-0.25, -0.2) is 0 Å². The van der Waals surface area contributed by atoms with Gasteiger partial charge < -0.3 is 10.2 Å². The fourth-order valence-corrected chi connectivity index (χ4v) is 2.50. The van der Waals surface area contributed by atoms with E-state index in [4.69, 9.17) is 0 Å². The van der Waals surface area contributed by atoms with Gasteiger partial charge in [0.15, 0.2) is 0 Å². The Labute approximate surface area is 141 Å². The molecule has 2 aromatic rings. The van der Waals surface area contributed by atoms with E-state index in [1.54, 1.807) is 36.4 Å². The molecule has 0 amide bonds. The molecule has 24 heavy (non-hydrogen) atoms. The first-order chi connectivity index (χ1) is 11.5. The van der Waals surface area contributed by atoms with Crippen molar-refractivity contribution in [3.63, 3.8) is 0 Å². The molecule has 4 heteroatoms. The van der Waals surface area contributed by atoms with Crippen molar-refractivity contribution in [1.82, 2.24) is 0 Å². The normalized spacial score (nSPS) is 10.5. The Morgan fingerprint density at radius 3 is 1.67 bits per heavy atom. The molecule has 4 nitrogen and oxygen atoms in total. The molecule has 0 radical (unpaired) electrons. The van der Waals surface area contributed by atoms with E-state index in [9.17, 15) is 19.8 Å². The zero-order valence-corrected chi connectivity index (χ0v) is 13.6. The van der Waals surface area contributed by atoms with Gasteiger partial charge in [0, 0.05) is 12.8 Å². The zero-order valence-electron chi connectivity index (χ0n) is 13.6. The smallest absolute Gasteiger partial charge is 0.140 e. The van der Waals surface area contributed by atoms with Gasteiger partial charge in [0.1, 0.15) is 23.1 Å². The number of rotatable bonds is 9. The second-order valence-corrected chi connectivity index (χ2v) is 5.94. The highest BCUT2D eigenvalue weighted by molar-refractivity contribution is 5.99.